The molecule has 4 heteroatoms. The van der Waals surface area contributed by atoms with Gasteiger partial charge in [0, 0.05) is 12.4 Å². The Labute approximate surface area is 129 Å². The van der Waals surface area contributed by atoms with Crippen molar-refractivity contribution in [2.75, 3.05) is 7.11 Å². The molecule has 0 aliphatic carbocycles. The number of imidazole rings is 1. The maximum atomic E-state index is 9.45. The summed E-state index contributed by atoms with van der Waals surface area (Å²) >= 11 is 0. The van der Waals surface area contributed by atoms with Crippen LogP contribution in [0.4, 0.5) is 0 Å². The van der Waals surface area contributed by atoms with E-state index in [-0.39, 0.29) is 0 Å². The lowest BCUT2D eigenvalue weighted by atomic mass is 10.0. The zero-order valence-electron chi connectivity index (χ0n) is 12.7. The van der Waals surface area contributed by atoms with Crippen molar-refractivity contribution in [1.82, 2.24) is 9.38 Å². The summed E-state index contributed by atoms with van der Waals surface area (Å²) < 4.78 is 7.28. The predicted octanol–water partition coefficient (Wildman–Crippen LogP) is 3.31. The number of aromatic nitrogens is 2. The van der Waals surface area contributed by atoms with Gasteiger partial charge >= 0.3 is 0 Å². The van der Waals surface area contributed by atoms with Gasteiger partial charge in [-0.2, -0.15) is 5.26 Å². The molecule has 0 radical (unpaired) electrons. The summed E-state index contributed by atoms with van der Waals surface area (Å²) in [5, 5.41) is 9.45. The van der Waals surface area contributed by atoms with Crippen molar-refractivity contribution in [1.29, 1.82) is 5.26 Å². The largest absolute Gasteiger partial charge is 0.496 e. The van der Waals surface area contributed by atoms with Crippen LogP contribution >= 0.6 is 0 Å². The maximum absolute atomic E-state index is 9.45. The molecule has 0 amide bonds. The van der Waals surface area contributed by atoms with Gasteiger partial charge in [-0.25, -0.2) is 4.98 Å². The highest BCUT2D eigenvalue weighted by atomic mass is 16.5. The molecule has 0 saturated heterocycles. The quantitative estimate of drug-likeness (QED) is 0.741. The molecule has 0 saturated carbocycles. The van der Waals surface area contributed by atoms with Gasteiger partial charge in [-0.15, -0.1) is 0 Å². The highest BCUT2D eigenvalue weighted by molar-refractivity contribution is 5.47. The molecular weight excluding hydrogens is 274 g/mol. The molecule has 0 bridgehead atoms. The van der Waals surface area contributed by atoms with Crippen LogP contribution in [-0.2, 0) is 12.8 Å². The first-order valence-electron chi connectivity index (χ1n) is 7.21. The second-order valence-corrected chi connectivity index (χ2v) is 5.29. The molecule has 0 aliphatic heterocycles. The van der Waals surface area contributed by atoms with E-state index in [1.165, 1.54) is 5.56 Å². The van der Waals surface area contributed by atoms with E-state index in [9.17, 15) is 5.26 Å². The van der Waals surface area contributed by atoms with E-state index < -0.39 is 0 Å². The molecule has 0 spiro atoms. The van der Waals surface area contributed by atoms with E-state index in [1.807, 2.05) is 35.7 Å². The number of fused-ring (bicyclic) bond motifs is 1. The first-order chi connectivity index (χ1) is 10.7. The average molecular weight is 291 g/mol. The standard InChI is InChI=1S/C18H17N3O/c1-13-3-4-15(17(11-13)22-2)6-5-14-7-8-18-20-9-10-21(18)16(14)12-19/h3-4,7-11H,5-6H2,1-2H3. The van der Waals surface area contributed by atoms with Crippen LogP contribution in [0, 0.1) is 18.3 Å². The first-order valence-corrected chi connectivity index (χ1v) is 7.21. The van der Waals surface area contributed by atoms with E-state index in [2.05, 4.69) is 23.2 Å². The summed E-state index contributed by atoms with van der Waals surface area (Å²) in [6, 6.07) is 12.4. The predicted molar refractivity (Wildman–Crippen MR) is 85.0 cm³/mol. The fraction of sp³-hybridized carbons (Fsp3) is 0.222. The van der Waals surface area contributed by atoms with Gasteiger partial charge in [0.1, 0.15) is 23.2 Å². The maximum Gasteiger partial charge on any atom is 0.137 e. The summed E-state index contributed by atoms with van der Waals surface area (Å²) in [5.41, 5.74) is 4.81. The SMILES string of the molecule is COc1cc(C)ccc1CCc1ccc2nccn2c1C#N. The van der Waals surface area contributed by atoms with E-state index >= 15 is 0 Å². The number of hydrogen-bond acceptors (Lipinski definition) is 3. The Morgan fingerprint density at radius 2 is 1.95 bits per heavy atom. The number of ether oxygens (including phenoxy) is 1. The smallest absolute Gasteiger partial charge is 0.137 e. The van der Waals surface area contributed by atoms with Gasteiger partial charge in [0.05, 0.1) is 7.11 Å². The van der Waals surface area contributed by atoms with E-state index in [1.54, 1.807) is 13.3 Å². The molecule has 1 aromatic carbocycles. The summed E-state index contributed by atoms with van der Waals surface area (Å²) in [5.74, 6) is 0.905. The number of benzene rings is 1. The van der Waals surface area contributed by atoms with Crippen LogP contribution in [0.5, 0.6) is 5.75 Å². The number of hydrogen-bond donors (Lipinski definition) is 0. The van der Waals surface area contributed by atoms with E-state index in [4.69, 9.17) is 4.74 Å². The van der Waals surface area contributed by atoms with Crippen LogP contribution in [0.1, 0.15) is 22.4 Å². The summed E-state index contributed by atoms with van der Waals surface area (Å²) in [6.07, 6.45) is 5.15. The molecular formula is C18H17N3O. The van der Waals surface area contributed by atoms with Crippen molar-refractivity contribution in [2.24, 2.45) is 0 Å². The number of methoxy groups -OCH3 is 1. The fourth-order valence-electron chi connectivity index (χ4n) is 2.69. The van der Waals surface area contributed by atoms with Crippen molar-refractivity contribution in [2.45, 2.75) is 19.8 Å². The van der Waals surface area contributed by atoms with Crippen molar-refractivity contribution in [3.8, 4) is 11.8 Å². The topological polar surface area (TPSA) is 50.3 Å². The van der Waals surface area contributed by atoms with Gasteiger partial charge in [-0.1, -0.05) is 18.2 Å². The molecule has 2 aromatic heterocycles. The van der Waals surface area contributed by atoms with E-state index in [0.29, 0.717) is 5.69 Å². The Hall–Kier alpha value is -2.80. The lowest BCUT2D eigenvalue weighted by Gasteiger charge is -2.10. The molecule has 0 unspecified atom stereocenters. The zero-order valence-corrected chi connectivity index (χ0v) is 12.7. The van der Waals surface area contributed by atoms with Gasteiger partial charge in [0.25, 0.3) is 0 Å². The van der Waals surface area contributed by atoms with Crippen molar-refractivity contribution in [3.05, 3.63) is 65.1 Å². The van der Waals surface area contributed by atoms with Gasteiger partial charge in [0.15, 0.2) is 0 Å². The fourth-order valence-corrected chi connectivity index (χ4v) is 2.69. The van der Waals surface area contributed by atoms with Crippen molar-refractivity contribution >= 4 is 5.65 Å². The molecule has 22 heavy (non-hydrogen) atoms. The average Bonchev–Trinajstić information content (AvgIpc) is 3.01. The Morgan fingerprint density at radius 3 is 2.73 bits per heavy atom. The summed E-state index contributed by atoms with van der Waals surface area (Å²) in [6.45, 7) is 2.05. The number of nitrogens with zero attached hydrogens (tertiary/aromatic N) is 3. The van der Waals surface area contributed by atoms with Crippen LogP contribution in [0.25, 0.3) is 5.65 Å². The van der Waals surface area contributed by atoms with Gasteiger partial charge in [-0.05, 0) is 48.6 Å². The highest BCUT2D eigenvalue weighted by Gasteiger charge is 2.09. The third kappa shape index (κ3) is 2.53. The number of aryl methyl sites for hydroxylation is 3. The number of nitriles is 1. The van der Waals surface area contributed by atoms with Crippen molar-refractivity contribution in [3.63, 3.8) is 0 Å². The minimum absolute atomic E-state index is 0.654. The molecule has 0 fully saturated rings. The van der Waals surface area contributed by atoms with Gasteiger partial charge < -0.3 is 4.74 Å². The molecule has 0 atom stereocenters. The Morgan fingerprint density at radius 1 is 1.18 bits per heavy atom. The number of pyridine rings is 1. The summed E-state index contributed by atoms with van der Waals surface area (Å²) in [7, 11) is 1.69. The summed E-state index contributed by atoms with van der Waals surface area (Å²) in [4.78, 5) is 4.22. The third-order valence-corrected chi connectivity index (χ3v) is 3.86. The lowest BCUT2D eigenvalue weighted by Crippen LogP contribution is -2.02. The highest BCUT2D eigenvalue weighted by Crippen LogP contribution is 2.22. The second kappa shape index (κ2) is 5.90. The van der Waals surface area contributed by atoms with Crippen LogP contribution in [0.3, 0.4) is 0 Å². The Bertz CT molecular complexity index is 858. The normalized spacial score (nSPS) is 10.6. The van der Waals surface area contributed by atoms with Crippen LogP contribution in [0.15, 0.2) is 42.7 Å². The molecule has 4 nitrogen and oxygen atoms in total. The zero-order chi connectivity index (χ0) is 15.5. The van der Waals surface area contributed by atoms with Crippen molar-refractivity contribution < 1.29 is 4.74 Å². The Kier molecular flexibility index (Phi) is 3.80. The van der Waals surface area contributed by atoms with Gasteiger partial charge in [0.2, 0.25) is 0 Å². The van der Waals surface area contributed by atoms with Crippen LogP contribution in [0.2, 0.25) is 0 Å². The molecule has 3 rings (SSSR count). The lowest BCUT2D eigenvalue weighted by molar-refractivity contribution is 0.409. The minimum atomic E-state index is 0.654. The molecule has 110 valence electrons. The van der Waals surface area contributed by atoms with Crippen LogP contribution < -0.4 is 4.74 Å². The molecule has 3 aromatic rings. The third-order valence-electron chi connectivity index (χ3n) is 3.86. The monoisotopic (exact) mass is 291 g/mol. The molecule has 0 N–H and O–H groups in total. The van der Waals surface area contributed by atoms with Crippen LogP contribution in [-0.4, -0.2) is 16.5 Å². The first kappa shape index (κ1) is 14.2. The Balaban J connectivity index is 1.90. The van der Waals surface area contributed by atoms with E-state index in [0.717, 1.165) is 35.4 Å². The second-order valence-electron chi connectivity index (χ2n) is 5.29. The molecule has 2 heterocycles. The van der Waals surface area contributed by atoms with Gasteiger partial charge in [-0.3, -0.25) is 4.40 Å². The minimum Gasteiger partial charge on any atom is -0.496 e. The molecule has 0 aliphatic rings. The number of rotatable bonds is 4.